The Hall–Kier alpha value is -1.02. The third kappa shape index (κ3) is 5.57. The molecule has 2 saturated heterocycles. The van der Waals surface area contributed by atoms with E-state index in [0.29, 0.717) is 5.41 Å². The van der Waals surface area contributed by atoms with E-state index < -0.39 is 0 Å². The van der Waals surface area contributed by atoms with Gasteiger partial charge in [0.1, 0.15) is 5.75 Å². The molecule has 1 aromatic rings. The Kier molecular flexibility index (Phi) is 8.07. The maximum absolute atomic E-state index is 5.25. The Morgan fingerprint density at radius 1 is 1.14 bits per heavy atom. The number of benzene rings is 1. The molecule has 1 saturated carbocycles. The molecule has 0 radical (unpaired) electrons. The van der Waals surface area contributed by atoms with Crippen molar-refractivity contribution >= 4 is 29.9 Å². The summed E-state index contributed by atoms with van der Waals surface area (Å²) >= 11 is 0. The lowest BCUT2D eigenvalue weighted by Crippen LogP contribution is -2.45. The molecule has 0 bridgehead atoms. The summed E-state index contributed by atoms with van der Waals surface area (Å²) in [6.45, 7) is 6.87. The number of ether oxygens (including phenoxy) is 1. The lowest BCUT2D eigenvalue weighted by atomic mass is 9.68. The van der Waals surface area contributed by atoms with Crippen molar-refractivity contribution < 1.29 is 4.74 Å². The average molecular weight is 512 g/mol. The van der Waals surface area contributed by atoms with E-state index in [9.17, 15) is 0 Å². The summed E-state index contributed by atoms with van der Waals surface area (Å²) < 4.78 is 5.25. The standard InChI is InChI=1S/C23H36N4O.HI/c1-24-22(27-15-12-23(18-27)10-3-11-23)25-16-19-8-13-26(14-9-19)17-20-4-6-21(28-2)7-5-20;/h4-7,19H,3,8-18H2,1-2H3,(H,24,25);1H. The van der Waals surface area contributed by atoms with Crippen molar-refractivity contribution in [2.75, 3.05) is 46.9 Å². The Balaban J connectivity index is 0.00000240. The van der Waals surface area contributed by atoms with E-state index in [2.05, 4.69) is 44.4 Å². The largest absolute Gasteiger partial charge is 0.497 e. The van der Waals surface area contributed by atoms with Crippen molar-refractivity contribution in [3.05, 3.63) is 29.8 Å². The molecule has 1 N–H and O–H groups in total. The minimum Gasteiger partial charge on any atom is -0.497 e. The number of rotatable bonds is 5. The summed E-state index contributed by atoms with van der Waals surface area (Å²) in [4.78, 5) is 9.65. The summed E-state index contributed by atoms with van der Waals surface area (Å²) in [5, 5.41) is 3.69. The number of nitrogens with one attached hydrogen (secondary N) is 1. The molecule has 5 nitrogen and oxygen atoms in total. The second kappa shape index (κ2) is 10.3. The number of aliphatic imine (C=N–C) groups is 1. The zero-order valence-electron chi connectivity index (χ0n) is 18.0. The van der Waals surface area contributed by atoms with Gasteiger partial charge in [-0.15, -0.1) is 24.0 Å². The first kappa shape index (κ1) is 22.7. The summed E-state index contributed by atoms with van der Waals surface area (Å²) in [5.41, 5.74) is 2.00. The van der Waals surface area contributed by atoms with E-state index in [1.807, 2.05) is 7.05 Å². The number of halogens is 1. The minimum atomic E-state index is 0. The molecule has 3 aliphatic rings. The highest BCUT2D eigenvalue weighted by molar-refractivity contribution is 14.0. The lowest BCUT2D eigenvalue weighted by molar-refractivity contribution is 0.151. The zero-order valence-corrected chi connectivity index (χ0v) is 20.4. The summed E-state index contributed by atoms with van der Waals surface area (Å²) in [5.74, 6) is 2.82. The van der Waals surface area contributed by atoms with Gasteiger partial charge in [0.2, 0.25) is 0 Å². The fourth-order valence-corrected chi connectivity index (χ4v) is 5.11. The van der Waals surface area contributed by atoms with Crippen LogP contribution in [0.15, 0.2) is 29.3 Å². The molecule has 3 fully saturated rings. The van der Waals surface area contributed by atoms with Crippen molar-refractivity contribution in [2.24, 2.45) is 16.3 Å². The van der Waals surface area contributed by atoms with E-state index >= 15 is 0 Å². The van der Waals surface area contributed by atoms with Crippen LogP contribution in [0.4, 0.5) is 0 Å². The third-order valence-corrected chi connectivity index (χ3v) is 7.19. The van der Waals surface area contributed by atoms with Gasteiger partial charge in [-0.05, 0) is 74.2 Å². The van der Waals surface area contributed by atoms with Crippen molar-refractivity contribution in [2.45, 2.75) is 45.1 Å². The number of hydrogen-bond donors (Lipinski definition) is 1. The first-order valence-electron chi connectivity index (χ1n) is 11.0. The molecule has 29 heavy (non-hydrogen) atoms. The van der Waals surface area contributed by atoms with Crippen LogP contribution in [0, 0.1) is 11.3 Å². The fraction of sp³-hybridized carbons (Fsp3) is 0.696. The van der Waals surface area contributed by atoms with Gasteiger partial charge in [-0.1, -0.05) is 18.6 Å². The molecule has 162 valence electrons. The molecule has 4 rings (SSSR count). The van der Waals surface area contributed by atoms with Gasteiger partial charge in [0.15, 0.2) is 5.96 Å². The third-order valence-electron chi connectivity index (χ3n) is 7.19. The number of hydrogen-bond acceptors (Lipinski definition) is 3. The van der Waals surface area contributed by atoms with E-state index in [4.69, 9.17) is 4.74 Å². The van der Waals surface area contributed by atoms with Crippen molar-refractivity contribution in [3.8, 4) is 5.75 Å². The van der Waals surface area contributed by atoms with E-state index in [1.54, 1.807) is 7.11 Å². The molecule has 0 amide bonds. The lowest BCUT2D eigenvalue weighted by Gasteiger charge is -2.38. The van der Waals surface area contributed by atoms with Gasteiger partial charge in [0.25, 0.3) is 0 Å². The van der Waals surface area contributed by atoms with Crippen molar-refractivity contribution in [3.63, 3.8) is 0 Å². The Labute approximate surface area is 193 Å². The van der Waals surface area contributed by atoms with Crippen LogP contribution in [-0.4, -0.2) is 62.6 Å². The highest BCUT2D eigenvalue weighted by Crippen LogP contribution is 2.47. The number of piperidine rings is 1. The average Bonchev–Trinajstić information content (AvgIpc) is 3.17. The van der Waals surface area contributed by atoms with Gasteiger partial charge in [-0.25, -0.2) is 0 Å². The van der Waals surface area contributed by atoms with Crippen LogP contribution in [0.5, 0.6) is 5.75 Å². The molecule has 2 heterocycles. The molecular formula is C23H37IN4O. The molecule has 6 heteroatoms. The maximum Gasteiger partial charge on any atom is 0.193 e. The van der Waals surface area contributed by atoms with Gasteiger partial charge in [-0.3, -0.25) is 9.89 Å². The number of methoxy groups -OCH3 is 1. The van der Waals surface area contributed by atoms with Crippen LogP contribution in [0.2, 0.25) is 0 Å². The smallest absolute Gasteiger partial charge is 0.193 e. The second-order valence-electron chi connectivity index (χ2n) is 9.02. The van der Waals surface area contributed by atoms with Crippen molar-refractivity contribution in [1.29, 1.82) is 0 Å². The maximum atomic E-state index is 5.25. The molecular weight excluding hydrogens is 475 g/mol. The number of nitrogens with zero attached hydrogens (tertiary/aromatic N) is 3. The fourth-order valence-electron chi connectivity index (χ4n) is 5.11. The predicted octanol–water partition coefficient (Wildman–Crippen LogP) is 3.98. The molecule has 1 aromatic carbocycles. The number of likely N-dealkylation sites (tertiary alicyclic amines) is 2. The zero-order chi connectivity index (χ0) is 19.4. The van der Waals surface area contributed by atoms with Gasteiger partial charge >= 0.3 is 0 Å². The van der Waals surface area contributed by atoms with Crippen LogP contribution in [-0.2, 0) is 6.54 Å². The van der Waals surface area contributed by atoms with Crippen molar-refractivity contribution in [1.82, 2.24) is 15.1 Å². The van der Waals surface area contributed by atoms with E-state index in [-0.39, 0.29) is 24.0 Å². The highest BCUT2D eigenvalue weighted by Gasteiger charge is 2.43. The van der Waals surface area contributed by atoms with Crippen LogP contribution < -0.4 is 10.1 Å². The van der Waals surface area contributed by atoms with Crippen LogP contribution in [0.3, 0.4) is 0 Å². The van der Waals surface area contributed by atoms with Gasteiger partial charge in [0, 0.05) is 33.2 Å². The summed E-state index contributed by atoms with van der Waals surface area (Å²) in [6, 6.07) is 8.48. The monoisotopic (exact) mass is 512 g/mol. The molecule has 0 unspecified atom stereocenters. The first-order valence-corrected chi connectivity index (χ1v) is 11.0. The van der Waals surface area contributed by atoms with E-state index in [1.165, 1.54) is 70.3 Å². The van der Waals surface area contributed by atoms with Gasteiger partial charge < -0.3 is 15.0 Å². The quantitative estimate of drug-likeness (QED) is 0.368. The van der Waals surface area contributed by atoms with Gasteiger partial charge in [-0.2, -0.15) is 0 Å². The minimum absolute atomic E-state index is 0. The first-order chi connectivity index (χ1) is 13.7. The van der Waals surface area contributed by atoms with Crippen LogP contribution in [0.25, 0.3) is 0 Å². The van der Waals surface area contributed by atoms with Crippen LogP contribution >= 0.6 is 24.0 Å². The molecule has 2 aliphatic heterocycles. The highest BCUT2D eigenvalue weighted by atomic mass is 127. The topological polar surface area (TPSA) is 40.1 Å². The number of guanidine groups is 1. The Morgan fingerprint density at radius 3 is 2.41 bits per heavy atom. The predicted molar refractivity (Wildman–Crippen MR) is 130 cm³/mol. The summed E-state index contributed by atoms with van der Waals surface area (Å²) in [6.07, 6.45) is 8.17. The molecule has 1 spiro atoms. The molecule has 1 aliphatic carbocycles. The Morgan fingerprint density at radius 2 is 1.86 bits per heavy atom. The summed E-state index contributed by atoms with van der Waals surface area (Å²) in [7, 11) is 3.66. The molecule has 0 aromatic heterocycles. The SMILES string of the molecule is CN=C(NCC1CCN(Cc2ccc(OC)cc2)CC1)N1CCC2(CCC2)C1.I. The van der Waals surface area contributed by atoms with Crippen LogP contribution in [0.1, 0.15) is 44.1 Å². The van der Waals surface area contributed by atoms with Gasteiger partial charge in [0.05, 0.1) is 7.11 Å². The van der Waals surface area contributed by atoms with E-state index in [0.717, 1.165) is 30.7 Å². The molecule has 0 atom stereocenters. The Bertz CT molecular complexity index is 666. The normalized spacial score (nSPS) is 22.3. The second-order valence-corrected chi connectivity index (χ2v) is 9.02.